The first-order valence-electron chi connectivity index (χ1n) is 9.27. The van der Waals surface area contributed by atoms with E-state index in [4.69, 9.17) is 4.74 Å². The maximum absolute atomic E-state index is 12.2. The van der Waals surface area contributed by atoms with Crippen LogP contribution in [0.15, 0.2) is 24.3 Å². The van der Waals surface area contributed by atoms with Crippen molar-refractivity contribution in [2.24, 2.45) is 0 Å². The first kappa shape index (κ1) is 19.0. The summed E-state index contributed by atoms with van der Waals surface area (Å²) in [6, 6.07) is 7.83. The van der Waals surface area contributed by atoms with Gasteiger partial charge in [0.15, 0.2) is 16.4 Å². The topological polar surface area (TPSA) is 80.2 Å². The third-order valence-corrected chi connectivity index (χ3v) is 6.75. The molecule has 1 aromatic rings. The molecule has 8 heteroatoms. The van der Waals surface area contributed by atoms with Crippen LogP contribution in [0.25, 0.3) is 0 Å². The summed E-state index contributed by atoms with van der Waals surface area (Å²) in [7, 11) is -2.96. The number of para-hydroxylation sites is 2. The number of quaternary nitrogens is 1. The van der Waals surface area contributed by atoms with Gasteiger partial charge in [0.1, 0.15) is 5.75 Å². The average Bonchev–Trinajstić information content (AvgIpc) is 2.95. The van der Waals surface area contributed by atoms with E-state index >= 15 is 0 Å². The van der Waals surface area contributed by atoms with Crippen molar-refractivity contribution in [3.63, 3.8) is 0 Å². The van der Waals surface area contributed by atoms with Crippen molar-refractivity contribution in [1.82, 2.24) is 5.32 Å². The summed E-state index contributed by atoms with van der Waals surface area (Å²) in [4.78, 5) is 15.7. The number of hydrogen-bond donors (Lipinski definition) is 2. The quantitative estimate of drug-likeness (QED) is 0.666. The van der Waals surface area contributed by atoms with E-state index in [2.05, 4.69) is 16.3 Å². The fourth-order valence-corrected chi connectivity index (χ4v) is 5.32. The van der Waals surface area contributed by atoms with Gasteiger partial charge in [0.05, 0.1) is 50.0 Å². The molecule has 2 heterocycles. The highest BCUT2D eigenvalue weighted by Gasteiger charge is 2.30. The molecule has 0 spiro atoms. The van der Waals surface area contributed by atoms with Gasteiger partial charge < -0.3 is 19.9 Å². The zero-order valence-corrected chi connectivity index (χ0v) is 16.1. The van der Waals surface area contributed by atoms with Gasteiger partial charge in [-0.2, -0.15) is 0 Å². The lowest BCUT2D eigenvalue weighted by Gasteiger charge is -2.34. The number of rotatable bonds is 6. The van der Waals surface area contributed by atoms with Gasteiger partial charge >= 0.3 is 0 Å². The van der Waals surface area contributed by atoms with Crippen LogP contribution in [0.1, 0.15) is 13.3 Å². The molecule has 2 N–H and O–H groups in total. The Morgan fingerprint density at radius 3 is 2.69 bits per heavy atom. The number of ether oxygens (including phenoxy) is 1. The van der Waals surface area contributed by atoms with Crippen molar-refractivity contribution in [3.8, 4) is 5.75 Å². The largest absolute Gasteiger partial charge is 0.492 e. The second-order valence-corrected chi connectivity index (χ2v) is 9.21. The Morgan fingerprint density at radius 2 is 2.04 bits per heavy atom. The van der Waals surface area contributed by atoms with Crippen molar-refractivity contribution in [3.05, 3.63) is 24.3 Å². The fourth-order valence-electron chi connectivity index (χ4n) is 3.65. The van der Waals surface area contributed by atoms with Crippen LogP contribution in [0.4, 0.5) is 5.69 Å². The molecule has 0 saturated carbocycles. The smallest absolute Gasteiger partial charge is 0.275 e. The van der Waals surface area contributed by atoms with E-state index in [9.17, 15) is 13.2 Å². The molecule has 26 heavy (non-hydrogen) atoms. The Balaban J connectivity index is 1.47. The zero-order valence-electron chi connectivity index (χ0n) is 15.2. The van der Waals surface area contributed by atoms with Crippen LogP contribution in [0, 0.1) is 0 Å². The van der Waals surface area contributed by atoms with Crippen LogP contribution in [0.2, 0.25) is 0 Å². The Morgan fingerprint density at radius 1 is 1.31 bits per heavy atom. The number of anilines is 1. The minimum atomic E-state index is -2.96. The van der Waals surface area contributed by atoms with Gasteiger partial charge in [0.25, 0.3) is 5.91 Å². The molecule has 0 aliphatic carbocycles. The predicted molar refractivity (Wildman–Crippen MR) is 101 cm³/mol. The highest BCUT2D eigenvalue weighted by molar-refractivity contribution is 7.91. The molecule has 7 nitrogen and oxygen atoms in total. The molecule has 2 fully saturated rings. The molecular formula is C18H28N3O4S+. The third kappa shape index (κ3) is 4.88. The van der Waals surface area contributed by atoms with Gasteiger partial charge in [-0.1, -0.05) is 12.1 Å². The fraction of sp³-hybridized carbons (Fsp3) is 0.611. The first-order chi connectivity index (χ1) is 12.5. The van der Waals surface area contributed by atoms with E-state index in [1.165, 1.54) is 4.90 Å². The maximum Gasteiger partial charge on any atom is 0.275 e. The molecule has 1 aromatic carbocycles. The number of nitrogens with one attached hydrogen (secondary N) is 2. The van der Waals surface area contributed by atoms with Gasteiger partial charge in [0, 0.05) is 6.04 Å². The van der Waals surface area contributed by atoms with Gasteiger partial charge in [-0.05, 0) is 25.5 Å². The molecule has 2 saturated heterocycles. The molecule has 144 valence electrons. The van der Waals surface area contributed by atoms with E-state index in [1.807, 2.05) is 25.1 Å². The summed E-state index contributed by atoms with van der Waals surface area (Å²) in [5.74, 6) is 1.11. The van der Waals surface area contributed by atoms with E-state index < -0.39 is 9.84 Å². The molecule has 0 aromatic heterocycles. The highest BCUT2D eigenvalue weighted by atomic mass is 32.2. The molecule has 2 aliphatic heterocycles. The number of hydrogen-bond acceptors (Lipinski definition) is 5. The highest BCUT2D eigenvalue weighted by Crippen LogP contribution is 2.27. The van der Waals surface area contributed by atoms with Crippen molar-refractivity contribution < 1.29 is 22.8 Å². The van der Waals surface area contributed by atoms with Crippen LogP contribution >= 0.6 is 0 Å². The molecule has 0 radical (unpaired) electrons. The van der Waals surface area contributed by atoms with E-state index in [1.54, 1.807) is 0 Å². The van der Waals surface area contributed by atoms with Crippen LogP contribution in [0.5, 0.6) is 5.75 Å². The lowest BCUT2D eigenvalue weighted by Crippen LogP contribution is -3.16. The number of piperazine rings is 1. The lowest BCUT2D eigenvalue weighted by atomic mass is 10.2. The molecule has 3 rings (SSSR count). The summed E-state index contributed by atoms with van der Waals surface area (Å²) in [6.07, 6.45) is 0.533. The van der Waals surface area contributed by atoms with Gasteiger partial charge in [-0.25, -0.2) is 8.42 Å². The average molecular weight is 383 g/mol. The Bertz CT molecular complexity index is 730. The third-order valence-electron chi connectivity index (χ3n) is 4.98. The van der Waals surface area contributed by atoms with Crippen LogP contribution in [-0.4, -0.2) is 71.2 Å². The normalized spacial score (nSPS) is 23.0. The number of carbonyl (C=O) groups is 1. The van der Waals surface area contributed by atoms with Crippen molar-refractivity contribution in [2.75, 3.05) is 55.7 Å². The van der Waals surface area contributed by atoms with E-state index in [0.717, 1.165) is 37.6 Å². The number of nitrogens with zero attached hydrogens (tertiary/aromatic N) is 1. The Labute approximate surface area is 155 Å². The van der Waals surface area contributed by atoms with Crippen molar-refractivity contribution in [2.45, 2.75) is 19.4 Å². The molecule has 0 unspecified atom stereocenters. The summed E-state index contributed by atoms with van der Waals surface area (Å²) >= 11 is 0. The lowest BCUT2D eigenvalue weighted by molar-refractivity contribution is -0.892. The number of carbonyl (C=O) groups excluding carboxylic acids is 1. The first-order valence-corrected chi connectivity index (χ1v) is 11.1. The molecular weight excluding hydrogens is 354 g/mol. The second kappa shape index (κ2) is 8.26. The monoisotopic (exact) mass is 382 g/mol. The van der Waals surface area contributed by atoms with Crippen molar-refractivity contribution >= 4 is 21.4 Å². The Kier molecular flexibility index (Phi) is 6.03. The van der Waals surface area contributed by atoms with E-state index in [-0.39, 0.29) is 23.5 Å². The summed E-state index contributed by atoms with van der Waals surface area (Å²) in [5.41, 5.74) is 1.11. The van der Waals surface area contributed by atoms with Crippen LogP contribution in [0.3, 0.4) is 0 Å². The van der Waals surface area contributed by atoms with Gasteiger partial charge in [-0.3, -0.25) is 4.79 Å². The standard InChI is InChI=1S/C18H27N3O4S/c1-2-25-17-6-4-3-5-16(17)21-10-8-20(9-11-21)13-18(22)19-15-7-12-26(23,24)14-15/h3-6,15H,2,7-14H2,1H3,(H,19,22)/p+1/t15-/m0/s1. The van der Waals surface area contributed by atoms with Gasteiger partial charge in [-0.15, -0.1) is 0 Å². The molecule has 1 amide bonds. The SMILES string of the molecule is CCOc1ccccc1N1CC[NH+](CC(=O)N[C@H]2CCS(=O)(=O)C2)CC1. The number of benzene rings is 1. The minimum Gasteiger partial charge on any atom is -0.492 e. The zero-order chi connectivity index (χ0) is 18.6. The second-order valence-electron chi connectivity index (χ2n) is 6.98. The number of amides is 1. The molecule has 1 atom stereocenters. The Hall–Kier alpha value is -1.80. The summed E-state index contributed by atoms with van der Waals surface area (Å²) in [6.45, 7) is 6.49. The number of sulfone groups is 1. The van der Waals surface area contributed by atoms with Gasteiger partial charge in [0.2, 0.25) is 0 Å². The minimum absolute atomic E-state index is 0.0507. The van der Waals surface area contributed by atoms with Crippen molar-refractivity contribution in [1.29, 1.82) is 0 Å². The van der Waals surface area contributed by atoms with Crippen LogP contribution < -0.4 is 19.9 Å². The van der Waals surface area contributed by atoms with E-state index in [0.29, 0.717) is 19.6 Å². The maximum atomic E-state index is 12.2. The predicted octanol–water partition coefficient (Wildman–Crippen LogP) is -0.906. The summed E-state index contributed by atoms with van der Waals surface area (Å²) < 4.78 is 28.7. The van der Waals surface area contributed by atoms with Crippen LogP contribution in [-0.2, 0) is 14.6 Å². The summed E-state index contributed by atoms with van der Waals surface area (Å²) in [5, 5.41) is 2.88. The molecule has 0 bridgehead atoms. The molecule has 2 aliphatic rings.